The molecule has 0 unspecified atom stereocenters. The highest BCUT2D eigenvalue weighted by Gasteiger charge is 2.34. The van der Waals surface area contributed by atoms with Crippen molar-refractivity contribution < 1.29 is 9.84 Å². The molecule has 0 amide bonds. The molecule has 2 heterocycles. The van der Waals surface area contributed by atoms with Gasteiger partial charge in [-0.3, -0.25) is 0 Å². The first-order valence-corrected chi connectivity index (χ1v) is 11.1. The first-order chi connectivity index (χ1) is 16.1. The second-order valence-electron chi connectivity index (χ2n) is 8.64. The molecule has 7 heteroatoms. The molecule has 0 radical (unpaired) electrons. The molecule has 0 aliphatic heterocycles. The lowest BCUT2D eigenvalue weighted by molar-refractivity contribution is -0.00279. The Labute approximate surface area is 192 Å². The minimum atomic E-state index is -0.889. The maximum atomic E-state index is 10.6. The summed E-state index contributed by atoms with van der Waals surface area (Å²) < 4.78 is 8.07. The highest BCUT2D eigenvalue weighted by molar-refractivity contribution is 6.00. The second-order valence-corrected chi connectivity index (χ2v) is 8.64. The van der Waals surface area contributed by atoms with Crippen molar-refractivity contribution in [2.24, 2.45) is 0 Å². The number of fused-ring (bicyclic) bond motifs is 1. The first kappa shape index (κ1) is 21.0. The summed E-state index contributed by atoms with van der Waals surface area (Å²) in [6.07, 6.45) is 6.47. The standard InChI is InChI=1S/C26H25N5O2/c27-15-14-26(32)12-10-19(11-13-26)31-16-22(23-24(28)29-17-30-25(23)31)18-6-8-21(9-7-18)33-20-4-2-1-3-5-20/h1-9,16-17,19,32H,10-14H2,(H2,28,29,30)/t19-,26-. The number of hydrogen-bond donors (Lipinski definition) is 2. The number of ether oxygens (including phenoxy) is 1. The number of aliphatic hydroxyl groups is 1. The average Bonchev–Trinajstić information content (AvgIpc) is 3.22. The van der Waals surface area contributed by atoms with Crippen LogP contribution >= 0.6 is 0 Å². The van der Waals surface area contributed by atoms with Crippen molar-refractivity contribution in [3.8, 4) is 28.7 Å². The summed E-state index contributed by atoms with van der Waals surface area (Å²) in [5, 5.41) is 20.5. The molecule has 166 valence electrons. The number of nitrogens with zero attached hydrogens (tertiary/aromatic N) is 4. The van der Waals surface area contributed by atoms with Crippen molar-refractivity contribution in [2.75, 3.05) is 5.73 Å². The van der Waals surface area contributed by atoms with E-state index in [2.05, 4.69) is 26.8 Å². The van der Waals surface area contributed by atoms with Crippen LogP contribution in [0.5, 0.6) is 11.5 Å². The van der Waals surface area contributed by atoms with Crippen molar-refractivity contribution >= 4 is 16.9 Å². The van der Waals surface area contributed by atoms with E-state index in [1.54, 1.807) is 0 Å². The molecular weight excluding hydrogens is 414 g/mol. The van der Waals surface area contributed by atoms with Crippen LogP contribution in [0.3, 0.4) is 0 Å². The van der Waals surface area contributed by atoms with E-state index in [1.807, 2.05) is 54.6 Å². The summed E-state index contributed by atoms with van der Waals surface area (Å²) in [7, 11) is 0. The predicted octanol–water partition coefficient (Wildman–Crippen LogP) is 5.23. The van der Waals surface area contributed by atoms with Crippen LogP contribution in [0, 0.1) is 11.3 Å². The Hall–Kier alpha value is -3.89. The molecule has 7 nitrogen and oxygen atoms in total. The van der Waals surface area contributed by atoms with E-state index in [-0.39, 0.29) is 12.5 Å². The van der Waals surface area contributed by atoms with Crippen molar-refractivity contribution in [1.82, 2.24) is 14.5 Å². The normalized spacial score (nSPS) is 20.4. The van der Waals surface area contributed by atoms with E-state index < -0.39 is 5.60 Å². The molecule has 1 fully saturated rings. The number of para-hydroxylation sites is 1. The van der Waals surface area contributed by atoms with Crippen molar-refractivity contribution in [3.05, 3.63) is 67.1 Å². The molecule has 1 aliphatic rings. The van der Waals surface area contributed by atoms with E-state index in [1.165, 1.54) is 6.33 Å². The van der Waals surface area contributed by atoms with Gasteiger partial charge in [-0.05, 0) is 55.5 Å². The van der Waals surface area contributed by atoms with E-state index in [0.29, 0.717) is 18.7 Å². The monoisotopic (exact) mass is 439 g/mol. The van der Waals surface area contributed by atoms with Gasteiger partial charge < -0.3 is 20.1 Å². The largest absolute Gasteiger partial charge is 0.457 e. The molecule has 0 saturated heterocycles. The number of nitrogen functional groups attached to an aromatic ring is 1. The Kier molecular flexibility index (Phi) is 5.45. The molecule has 2 aromatic heterocycles. The Morgan fingerprint density at radius 2 is 1.76 bits per heavy atom. The van der Waals surface area contributed by atoms with Gasteiger partial charge in [-0.1, -0.05) is 30.3 Å². The summed E-state index contributed by atoms with van der Waals surface area (Å²) in [5.41, 5.74) is 8.15. The average molecular weight is 440 g/mol. The number of rotatable bonds is 5. The van der Waals surface area contributed by atoms with Crippen molar-refractivity contribution in [3.63, 3.8) is 0 Å². The van der Waals surface area contributed by atoms with Gasteiger partial charge in [-0.2, -0.15) is 5.26 Å². The second kappa shape index (κ2) is 8.57. The van der Waals surface area contributed by atoms with Gasteiger partial charge in [0.15, 0.2) is 0 Å². The van der Waals surface area contributed by atoms with Gasteiger partial charge in [-0.15, -0.1) is 0 Å². The van der Waals surface area contributed by atoms with Gasteiger partial charge >= 0.3 is 0 Å². The van der Waals surface area contributed by atoms with Crippen LogP contribution in [0.15, 0.2) is 67.1 Å². The smallest absolute Gasteiger partial charge is 0.146 e. The topological polar surface area (TPSA) is 110 Å². The lowest BCUT2D eigenvalue weighted by Crippen LogP contribution is -2.34. The highest BCUT2D eigenvalue weighted by Crippen LogP contribution is 2.41. The predicted molar refractivity (Wildman–Crippen MR) is 127 cm³/mol. The zero-order chi connectivity index (χ0) is 22.8. The fraction of sp³-hybridized carbons (Fsp3) is 0.269. The number of nitrogens with two attached hydrogens (primary N) is 1. The molecule has 1 saturated carbocycles. The van der Waals surface area contributed by atoms with Crippen molar-refractivity contribution in [2.45, 2.75) is 43.7 Å². The van der Waals surface area contributed by atoms with Crippen LogP contribution in [0.4, 0.5) is 5.82 Å². The summed E-state index contributed by atoms with van der Waals surface area (Å²) in [4.78, 5) is 8.77. The van der Waals surface area contributed by atoms with Gasteiger partial charge in [0.2, 0.25) is 0 Å². The van der Waals surface area contributed by atoms with E-state index >= 15 is 0 Å². The van der Waals surface area contributed by atoms with Gasteiger partial charge in [0.25, 0.3) is 0 Å². The Bertz CT molecular complexity index is 1300. The third-order valence-corrected chi connectivity index (χ3v) is 6.47. The Morgan fingerprint density at radius 1 is 1.06 bits per heavy atom. The third kappa shape index (κ3) is 4.13. The number of aromatic nitrogens is 3. The summed E-state index contributed by atoms with van der Waals surface area (Å²) >= 11 is 0. The van der Waals surface area contributed by atoms with Crippen LogP contribution in [0.2, 0.25) is 0 Å². The highest BCUT2D eigenvalue weighted by atomic mass is 16.5. The molecule has 4 aromatic rings. The minimum absolute atomic E-state index is 0.171. The summed E-state index contributed by atoms with van der Waals surface area (Å²) in [6, 6.07) is 19.9. The van der Waals surface area contributed by atoms with E-state index in [4.69, 9.17) is 15.7 Å². The number of nitriles is 1. The summed E-state index contributed by atoms with van der Waals surface area (Å²) in [6.45, 7) is 0. The minimum Gasteiger partial charge on any atom is -0.457 e. The summed E-state index contributed by atoms with van der Waals surface area (Å²) in [5.74, 6) is 1.98. The zero-order valence-electron chi connectivity index (χ0n) is 18.2. The van der Waals surface area contributed by atoms with Crippen LogP contribution < -0.4 is 10.5 Å². The number of benzene rings is 2. The molecule has 0 spiro atoms. The Balaban J connectivity index is 1.46. The van der Waals surface area contributed by atoms with Crippen LogP contribution in [-0.2, 0) is 0 Å². The fourth-order valence-electron chi connectivity index (χ4n) is 4.67. The maximum absolute atomic E-state index is 10.6. The molecule has 0 atom stereocenters. The molecular formula is C26H25N5O2. The molecule has 0 bridgehead atoms. The lowest BCUT2D eigenvalue weighted by Gasteiger charge is -2.35. The quantitative estimate of drug-likeness (QED) is 0.440. The number of anilines is 1. The molecule has 3 N–H and O–H groups in total. The van der Waals surface area contributed by atoms with Crippen LogP contribution in [0.1, 0.15) is 38.1 Å². The van der Waals surface area contributed by atoms with Crippen LogP contribution in [0.25, 0.3) is 22.2 Å². The van der Waals surface area contributed by atoms with E-state index in [9.17, 15) is 5.11 Å². The first-order valence-electron chi connectivity index (χ1n) is 11.1. The Morgan fingerprint density at radius 3 is 2.45 bits per heavy atom. The molecule has 2 aromatic carbocycles. The number of hydrogen-bond acceptors (Lipinski definition) is 6. The lowest BCUT2D eigenvalue weighted by atomic mass is 9.80. The van der Waals surface area contributed by atoms with E-state index in [0.717, 1.165) is 46.5 Å². The van der Waals surface area contributed by atoms with Gasteiger partial charge in [-0.25, -0.2) is 9.97 Å². The zero-order valence-corrected chi connectivity index (χ0v) is 18.2. The van der Waals surface area contributed by atoms with Gasteiger partial charge in [0, 0.05) is 17.8 Å². The maximum Gasteiger partial charge on any atom is 0.146 e. The molecule has 33 heavy (non-hydrogen) atoms. The van der Waals surface area contributed by atoms with Crippen LogP contribution in [-0.4, -0.2) is 25.2 Å². The molecule has 5 rings (SSSR count). The SMILES string of the molecule is N#CC[C@]1(O)CC[C@H](n2cc(-c3ccc(Oc4ccccc4)cc3)c3c(N)ncnc32)CC1. The van der Waals surface area contributed by atoms with Crippen molar-refractivity contribution in [1.29, 1.82) is 5.26 Å². The third-order valence-electron chi connectivity index (χ3n) is 6.47. The van der Waals surface area contributed by atoms with Gasteiger partial charge in [0.05, 0.1) is 23.5 Å². The fourth-order valence-corrected chi connectivity index (χ4v) is 4.67. The van der Waals surface area contributed by atoms with Gasteiger partial charge in [0.1, 0.15) is 29.3 Å². The molecule has 1 aliphatic carbocycles.